The van der Waals surface area contributed by atoms with E-state index in [4.69, 9.17) is 33.4 Å². The maximum Gasteiger partial charge on any atom is 0.235 e. The largest absolute Gasteiger partial charge is 0.235 e. The fourth-order valence-corrected chi connectivity index (χ4v) is 5.72. The van der Waals surface area contributed by atoms with Crippen molar-refractivity contribution in [2.75, 3.05) is 0 Å². The molecule has 174 valence electrons. The first-order valence-corrected chi connectivity index (χ1v) is 13.1. The van der Waals surface area contributed by atoms with Gasteiger partial charge < -0.3 is 0 Å². The van der Waals surface area contributed by atoms with Gasteiger partial charge in [-0.05, 0) is 48.5 Å². The summed E-state index contributed by atoms with van der Waals surface area (Å²) in [4.78, 5) is 1.45. The highest BCUT2D eigenvalue weighted by atomic mass is 35.5. The van der Waals surface area contributed by atoms with Gasteiger partial charge >= 0.3 is 0 Å². The molecule has 3 aromatic carbocycles. The Morgan fingerprint density at radius 2 is 0.833 bits per heavy atom. The average molecular weight is 547 g/mol. The molecular weight excluding hydrogens is 535 g/mol. The summed E-state index contributed by atoms with van der Waals surface area (Å²) in [6, 6.07) is 23.1. The zero-order valence-electron chi connectivity index (χ0n) is 18.1. The molecule has 0 N–H and O–H groups in total. The van der Waals surface area contributed by atoms with E-state index in [9.17, 15) is 0 Å². The van der Waals surface area contributed by atoms with Crippen molar-refractivity contribution in [2.24, 2.45) is 0 Å². The fraction of sp³-hybridized carbons (Fsp3) is 0. The van der Waals surface area contributed by atoms with E-state index in [2.05, 4.69) is 20.4 Å². The summed E-state index contributed by atoms with van der Waals surface area (Å²) >= 11 is 15.0. The predicted octanol–water partition coefficient (Wildman–Crippen LogP) is 6.66. The van der Waals surface area contributed by atoms with Crippen molar-refractivity contribution in [3.8, 4) is 43.9 Å². The van der Waals surface area contributed by atoms with Gasteiger partial charge in [-0.1, -0.05) is 70.1 Å². The Labute approximate surface area is 221 Å². The van der Waals surface area contributed by atoms with Gasteiger partial charge in [0.15, 0.2) is 11.6 Å². The zero-order valence-corrected chi connectivity index (χ0v) is 21.2. The van der Waals surface area contributed by atoms with Crippen molar-refractivity contribution in [3.05, 3.63) is 82.8 Å². The lowest BCUT2D eigenvalue weighted by Gasteiger charge is -2.00. The lowest BCUT2D eigenvalue weighted by molar-refractivity contribution is 0.969. The molecule has 0 saturated carbocycles. The minimum Gasteiger partial charge on any atom is -0.182 e. The summed E-state index contributed by atoms with van der Waals surface area (Å²) < 4.78 is 3.52. The van der Waals surface area contributed by atoms with E-state index in [-0.39, 0.29) is 0 Å². The average Bonchev–Trinajstić information content (AvgIpc) is 3.66. The molecule has 0 unspecified atom stereocenters. The van der Waals surface area contributed by atoms with Crippen LogP contribution in [0.25, 0.3) is 53.8 Å². The number of halogens is 2. The van der Waals surface area contributed by atoms with Crippen molar-refractivity contribution in [1.82, 2.24) is 39.6 Å². The number of hydrogen-bond acceptors (Lipinski definition) is 8. The molecule has 0 spiro atoms. The topological polar surface area (TPSA) is 86.2 Å². The molecule has 12 heteroatoms. The van der Waals surface area contributed by atoms with Crippen LogP contribution in [0, 0.1) is 0 Å². The molecule has 0 aliphatic heterocycles. The first-order valence-electron chi connectivity index (χ1n) is 10.7. The van der Waals surface area contributed by atoms with Gasteiger partial charge in [-0.15, -0.1) is 20.4 Å². The van der Waals surface area contributed by atoms with Crippen molar-refractivity contribution in [1.29, 1.82) is 0 Å². The number of nitrogens with zero attached hydrogens (tertiary/aromatic N) is 8. The summed E-state index contributed by atoms with van der Waals surface area (Å²) in [5.74, 6) is 1.36. The molecule has 7 aromatic rings. The molecule has 0 fully saturated rings. The van der Waals surface area contributed by atoms with Crippen LogP contribution >= 0.6 is 45.9 Å². The summed E-state index contributed by atoms with van der Waals surface area (Å²) in [6.45, 7) is 0. The molecule has 7 rings (SSSR count). The van der Waals surface area contributed by atoms with Crippen LogP contribution < -0.4 is 0 Å². The summed E-state index contributed by atoms with van der Waals surface area (Å²) in [7, 11) is 0. The van der Waals surface area contributed by atoms with Crippen LogP contribution in [0.5, 0.6) is 0 Å². The van der Waals surface area contributed by atoms with Gasteiger partial charge in [0.2, 0.25) is 9.92 Å². The Balaban J connectivity index is 1.20. The number of hydrogen-bond donors (Lipinski definition) is 0. The number of benzene rings is 3. The lowest BCUT2D eigenvalue weighted by atomic mass is 10.1. The van der Waals surface area contributed by atoms with Gasteiger partial charge in [0, 0.05) is 32.3 Å². The van der Waals surface area contributed by atoms with E-state index in [1.807, 2.05) is 72.8 Å². The summed E-state index contributed by atoms with van der Waals surface area (Å²) in [5.41, 5.74) is 3.78. The normalized spacial score (nSPS) is 11.6. The Kier molecular flexibility index (Phi) is 5.07. The molecule has 0 radical (unpaired) electrons. The Hall–Kier alpha value is -3.70. The van der Waals surface area contributed by atoms with E-state index in [0.29, 0.717) is 21.7 Å². The highest BCUT2D eigenvalue weighted by Crippen LogP contribution is 2.32. The Morgan fingerprint density at radius 1 is 0.472 bits per heavy atom. The number of fused-ring (bicyclic) bond motifs is 2. The Bertz CT molecular complexity index is 1710. The van der Waals surface area contributed by atoms with Crippen LogP contribution in [-0.2, 0) is 0 Å². The second-order valence-corrected chi connectivity index (χ2v) is 10.6. The molecule has 0 aliphatic carbocycles. The van der Waals surface area contributed by atoms with Crippen LogP contribution in [0.2, 0.25) is 10.0 Å². The SMILES string of the molecule is Clc1ccc(-c2nnc3sc(-c4ccc(-c5nn6c(-c7ccc(Cl)cc7)nnc6s5)cc4)nn23)cc1. The molecule has 0 atom stereocenters. The smallest absolute Gasteiger partial charge is 0.182 e. The van der Waals surface area contributed by atoms with Crippen molar-refractivity contribution < 1.29 is 0 Å². The maximum absolute atomic E-state index is 6.02. The van der Waals surface area contributed by atoms with Gasteiger partial charge in [0.1, 0.15) is 10.0 Å². The Morgan fingerprint density at radius 3 is 1.22 bits per heavy atom. The predicted molar refractivity (Wildman–Crippen MR) is 143 cm³/mol. The molecule has 0 bridgehead atoms. The molecule has 8 nitrogen and oxygen atoms in total. The molecule has 0 aliphatic rings. The van der Waals surface area contributed by atoms with Gasteiger partial charge in [0.25, 0.3) is 0 Å². The molecule has 0 saturated heterocycles. The third-order valence-corrected chi connectivity index (χ3v) is 7.97. The first-order chi connectivity index (χ1) is 17.6. The first kappa shape index (κ1) is 21.6. The third kappa shape index (κ3) is 3.66. The minimum absolute atomic E-state index is 0.671. The molecule has 0 amide bonds. The van der Waals surface area contributed by atoms with Gasteiger partial charge in [-0.2, -0.15) is 19.2 Å². The van der Waals surface area contributed by atoms with E-state index in [1.165, 1.54) is 22.7 Å². The van der Waals surface area contributed by atoms with Crippen LogP contribution in [0.15, 0.2) is 72.8 Å². The van der Waals surface area contributed by atoms with Gasteiger partial charge in [0.05, 0.1) is 0 Å². The van der Waals surface area contributed by atoms with Crippen molar-refractivity contribution in [3.63, 3.8) is 0 Å². The molecule has 4 aromatic heterocycles. The summed E-state index contributed by atoms with van der Waals surface area (Å²) in [5, 5.41) is 29.7. The van der Waals surface area contributed by atoms with E-state index >= 15 is 0 Å². The summed E-state index contributed by atoms with van der Waals surface area (Å²) in [6.07, 6.45) is 0. The zero-order chi connectivity index (χ0) is 24.2. The van der Waals surface area contributed by atoms with Crippen molar-refractivity contribution >= 4 is 55.8 Å². The molecule has 4 heterocycles. The van der Waals surface area contributed by atoms with Crippen LogP contribution in [0.3, 0.4) is 0 Å². The maximum atomic E-state index is 6.02. The van der Waals surface area contributed by atoms with Gasteiger partial charge in [-0.3, -0.25) is 0 Å². The van der Waals surface area contributed by atoms with Gasteiger partial charge in [-0.25, -0.2) is 0 Å². The van der Waals surface area contributed by atoms with E-state index in [0.717, 1.165) is 42.2 Å². The van der Waals surface area contributed by atoms with Crippen LogP contribution in [-0.4, -0.2) is 39.6 Å². The number of aromatic nitrogens is 8. The van der Waals surface area contributed by atoms with Crippen LogP contribution in [0.1, 0.15) is 0 Å². The highest BCUT2D eigenvalue weighted by Gasteiger charge is 2.17. The van der Waals surface area contributed by atoms with E-state index in [1.54, 1.807) is 9.03 Å². The molecule has 36 heavy (non-hydrogen) atoms. The second-order valence-electron chi connectivity index (χ2n) is 7.84. The second kappa shape index (κ2) is 8.45. The monoisotopic (exact) mass is 546 g/mol. The quantitative estimate of drug-likeness (QED) is 0.245. The fourth-order valence-electron chi connectivity index (χ4n) is 3.78. The molecular formula is C24H12Cl2N8S2. The number of rotatable bonds is 4. The van der Waals surface area contributed by atoms with E-state index < -0.39 is 0 Å². The minimum atomic E-state index is 0.671. The van der Waals surface area contributed by atoms with Crippen molar-refractivity contribution in [2.45, 2.75) is 0 Å². The standard InChI is InChI=1S/C24H12Cl2N8S2/c25-17-9-5-13(6-10-17)19-27-29-23-33(19)31-21(35-23)15-1-2-16(4-3-15)22-32-34-20(28-30-24(34)36-22)14-7-11-18(26)12-8-14/h1-12H. The third-order valence-electron chi connectivity index (χ3n) is 5.57. The van der Waals surface area contributed by atoms with Crippen LogP contribution in [0.4, 0.5) is 0 Å². The lowest BCUT2D eigenvalue weighted by Crippen LogP contribution is -1.91. The highest BCUT2D eigenvalue weighted by molar-refractivity contribution is 7.20.